The largest absolute Gasteiger partial charge is 1.00 e. The van der Waals surface area contributed by atoms with Crippen LogP contribution in [0.15, 0.2) is 37.4 Å². The van der Waals surface area contributed by atoms with Crippen LogP contribution in [0.1, 0.15) is 0 Å². The van der Waals surface area contributed by atoms with E-state index < -0.39 is 0 Å². The van der Waals surface area contributed by atoms with Crippen LogP contribution in [0, 0.1) is 0 Å². The molecule has 0 aliphatic rings. The maximum atomic E-state index is 2.81. The maximum absolute atomic E-state index is 2.81. The van der Waals surface area contributed by atoms with E-state index in [0.717, 1.165) is 0 Å². The summed E-state index contributed by atoms with van der Waals surface area (Å²) in [5, 5.41) is 0. The molecule has 4 N–H and O–H groups in total. The van der Waals surface area contributed by atoms with E-state index in [1.165, 1.54) is 0 Å². The summed E-state index contributed by atoms with van der Waals surface area (Å²) in [6.45, 7) is 0. The number of halogens is 2. The lowest BCUT2D eigenvalue weighted by Gasteiger charge is -1.37. The minimum Gasteiger partial charge on any atom is -1.00 e. The maximum Gasteiger partial charge on any atom is 0.239 e. The molecule has 0 bridgehead atoms. The van der Waals surface area contributed by atoms with Crippen LogP contribution in [0.5, 0.6) is 0 Å². The Morgan fingerprint density at radius 3 is 1.33 bits per heavy atom. The van der Waals surface area contributed by atoms with E-state index >= 15 is 0 Å². The molecule has 6 heteroatoms. The predicted octanol–water partition coefficient (Wildman–Crippen LogP) is -6.33. The van der Waals surface area contributed by atoms with Crippen molar-refractivity contribution in [3.63, 3.8) is 0 Å². The lowest BCUT2D eigenvalue weighted by atomic mass is 11.0. The molecule has 2 aromatic rings. The fourth-order valence-corrected chi connectivity index (χ4v) is 0.481. The molecule has 12 heavy (non-hydrogen) atoms. The quantitative estimate of drug-likeness (QED) is 0.452. The molecule has 0 aliphatic carbocycles. The summed E-state index contributed by atoms with van der Waals surface area (Å²) in [6.07, 6.45) is 10.8. The highest BCUT2D eigenvalue weighted by Crippen LogP contribution is 1.54. The third-order valence-electron chi connectivity index (χ3n) is 0.885. The zero-order valence-corrected chi connectivity index (χ0v) is 8.38. The second-order valence-corrected chi connectivity index (χ2v) is 1.62. The third-order valence-corrected chi connectivity index (χ3v) is 0.885. The number of hydrogen-bond donors (Lipinski definition) is 2. The first-order valence-corrected chi connectivity index (χ1v) is 2.98. The van der Waals surface area contributed by atoms with Crippen molar-refractivity contribution >= 4 is 0 Å². The second-order valence-electron chi connectivity index (χ2n) is 1.62. The average molecular weight is 284 g/mol. The van der Waals surface area contributed by atoms with Gasteiger partial charge in [-0.3, -0.25) is 19.9 Å². The molecule has 0 saturated heterocycles. The van der Waals surface area contributed by atoms with Crippen molar-refractivity contribution in [1.29, 1.82) is 0 Å². The highest BCUT2D eigenvalue weighted by Gasteiger charge is 1.65. The zero-order valence-electron chi connectivity index (χ0n) is 6.22. The van der Waals surface area contributed by atoms with Gasteiger partial charge in [-0.2, -0.15) is 0 Å². The van der Waals surface area contributed by atoms with Crippen molar-refractivity contribution in [3.8, 4) is 0 Å². The normalized spacial score (nSPS) is 6.67. The van der Waals surface area contributed by atoms with Gasteiger partial charge >= 0.3 is 0 Å². The number of imidazole rings is 2. The summed E-state index contributed by atoms with van der Waals surface area (Å²) in [5.74, 6) is 0. The lowest BCUT2D eigenvalue weighted by molar-refractivity contribution is -0.376. The van der Waals surface area contributed by atoms with Gasteiger partial charge in [-0.15, -0.1) is 0 Å². The van der Waals surface area contributed by atoms with E-state index in [0.29, 0.717) is 0 Å². The van der Waals surface area contributed by atoms with Crippen LogP contribution in [-0.4, -0.2) is 9.97 Å². The van der Waals surface area contributed by atoms with Crippen molar-refractivity contribution in [2.75, 3.05) is 0 Å². The fraction of sp³-hybridized carbons (Fsp3) is 0. The molecule has 0 atom stereocenters. The average Bonchev–Trinajstić information content (AvgIpc) is 2.67. The van der Waals surface area contributed by atoms with Crippen LogP contribution in [-0.2, 0) is 0 Å². The second kappa shape index (κ2) is 10.1. The van der Waals surface area contributed by atoms with E-state index in [-0.39, 0.29) is 28.7 Å². The van der Waals surface area contributed by atoms with Crippen molar-refractivity contribution in [2.45, 2.75) is 0 Å². The van der Waals surface area contributed by atoms with Crippen LogP contribution < -0.4 is 38.6 Å². The van der Waals surface area contributed by atoms with E-state index in [1.807, 2.05) is 24.8 Å². The predicted molar refractivity (Wildman–Crippen MR) is 34.7 cm³/mol. The van der Waals surface area contributed by atoms with E-state index in [4.69, 9.17) is 0 Å². The Bertz CT molecular complexity index is 159. The SMILES string of the molecule is [F-].[I-].c1c[nH+]c[nH]1.c1c[nH+]c[nH]1. The summed E-state index contributed by atoms with van der Waals surface area (Å²) < 4.78 is 0. The zero-order chi connectivity index (χ0) is 7.07. The molecule has 2 rings (SSSR count). The first-order chi connectivity index (χ1) is 5.00. The van der Waals surface area contributed by atoms with Gasteiger partial charge in [0.05, 0.1) is 0 Å². The van der Waals surface area contributed by atoms with Crippen molar-refractivity contribution in [2.24, 2.45) is 0 Å². The molecule has 0 amide bonds. The van der Waals surface area contributed by atoms with Gasteiger partial charge in [-0.05, 0) is 0 Å². The molecular formula is C6H10FIN4. The van der Waals surface area contributed by atoms with Gasteiger partial charge in [0, 0.05) is 0 Å². The number of nitrogens with one attached hydrogen (secondary N) is 4. The van der Waals surface area contributed by atoms with E-state index in [9.17, 15) is 0 Å². The molecule has 4 nitrogen and oxygen atoms in total. The van der Waals surface area contributed by atoms with E-state index in [2.05, 4.69) is 19.9 Å². The smallest absolute Gasteiger partial charge is 0.239 e. The molecule has 0 spiro atoms. The molecule has 0 radical (unpaired) electrons. The van der Waals surface area contributed by atoms with Gasteiger partial charge in [-0.1, -0.05) is 0 Å². The van der Waals surface area contributed by atoms with Crippen LogP contribution >= 0.6 is 0 Å². The number of H-pyrrole nitrogens is 4. The van der Waals surface area contributed by atoms with Crippen molar-refractivity contribution in [1.82, 2.24) is 9.97 Å². The number of hydrogen-bond acceptors (Lipinski definition) is 0. The molecule has 2 aromatic heterocycles. The van der Waals surface area contributed by atoms with Gasteiger partial charge < -0.3 is 28.7 Å². The van der Waals surface area contributed by atoms with Crippen LogP contribution in [0.2, 0.25) is 0 Å². The molecule has 0 aromatic carbocycles. The fourth-order valence-electron chi connectivity index (χ4n) is 0.481. The van der Waals surface area contributed by atoms with Gasteiger partial charge in [0.2, 0.25) is 12.7 Å². The van der Waals surface area contributed by atoms with Gasteiger partial charge in [0.25, 0.3) is 0 Å². The Hall–Kier alpha value is -0.920. The van der Waals surface area contributed by atoms with Crippen LogP contribution in [0.4, 0.5) is 0 Å². The van der Waals surface area contributed by atoms with Crippen molar-refractivity contribution in [3.05, 3.63) is 37.4 Å². The Morgan fingerprint density at radius 1 is 0.833 bits per heavy atom. The molecular weight excluding hydrogens is 274 g/mol. The first kappa shape index (κ1) is 13.7. The van der Waals surface area contributed by atoms with Crippen LogP contribution in [0.25, 0.3) is 0 Å². The summed E-state index contributed by atoms with van der Waals surface area (Å²) in [6, 6.07) is 0. The third kappa shape index (κ3) is 7.19. The Balaban J connectivity index is 0. The molecule has 0 saturated carbocycles. The van der Waals surface area contributed by atoms with Crippen molar-refractivity contribution < 1.29 is 38.6 Å². The summed E-state index contributed by atoms with van der Waals surface area (Å²) in [4.78, 5) is 11.2. The molecule has 2 heterocycles. The van der Waals surface area contributed by atoms with Gasteiger partial charge in [-0.25, -0.2) is 0 Å². The first-order valence-electron chi connectivity index (χ1n) is 2.98. The monoisotopic (exact) mass is 284 g/mol. The highest BCUT2D eigenvalue weighted by molar-refractivity contribution is 4.53. The highest BCUT2D eigenvalue weighted by atomic mass is 127. The molecule has 0 aliphatic heterocycles. The van der Waals surface area contributed by atoms with Gasteiger partial charge in [0.1, 0.15) is 24.8 Å². The lowest BCUT2D eigenvalue weighted by Crippen LogP contribution is -3.00. The van der Waals surface area contributed by atoms with Gasteiger partial charge in [0.15, 0.2) is 0 Å². The van der Waals surface area contributed by atoms with E-state index in [1.54, 1.807) is 12.7 Å². The minimum atomic E-state index is 0. The summed E-state index contributed by atoms with van der Waals surface area (Å²) >= 11 is 0. The Kier molecular flexibility index (Phi) is 11.5. The Morgan fingerprint density at radius 2 is 1.25 bits per heavy atom. The topological polar surface area (TPSA) is 59.9 Å². The Labute approximate surface area is 86.2 Å². The number of rotatable bonds is 0. The minimum absolute atomic E-state index is 0. The summed E-state index contributed by atoms with van der Waals surface area (Å²) in [7, 11) is 0. The molecule has 0 fully saturated rings. The molecule has 0 unspecified atom stereocenters. The number of aromatic nitrogens is 4. The van der Waals surface area contributed by atoms with Crippen LogP contribution in [0.3, 0.4) is 0 Å². The standard InChI is InChI=1S/2C3H4N2.FH.HI/c2*1-2-5-3-4-1;;/h2*1-3H,(H,4,5);2*1H. The summed E-state index contributed by atoms with van der Waals surface area (Å²) in [5.41, 5.74) is 0. The number of aromatic amines is 4. The molecule has 68 valence electrons.